The molecule has 0 unspecified atom stereocenters. The quantitative estimate of drug-likeness (QED) is 0.488. The summed E-state index contributed by atoms with van der Waals surface area (Å²) in [5.41, 5.74) is 2.66. The van der Waals surface area contributed by atoms with Crippen molar-refractivity contribution in [1.29, 1.82) is 0 Å². The van der Waals surface area contributed by atoms with E-state index in [0.29, 0.717) is 28.8 Å². The Balaban J connectivity index is 1.43. The number of hydrogen-bond donors (Lipinski definition) is 2. The summed E-state index contributed by atoms with van der Waals surface area (Å²) < 4.78 is 12.6. The Morgan fingerprint density at radius 3 is 2.39 bits per heavy atom. The maximum Gasteiger partial charge on any atom is 0.323 e. The van der Waals surface area contributed by atoms with Crippen molar-refractivity contribution >= 4 is 17.4 Å². The van der Waals surface area contributed by atoms with E-state index >= 15 is 0 Å². The van der Waals surface area contributed by atoms with Gasteiger partial charge in [-0.25, -0.2) is 9.48 Å². The van der Waals surface area contributed by atoms with Crippen LogP contribution in [0.4, 0.5) is 16.2 Å². The summed E-state index contributed by atoms with van der Waals surface area (Å²) >= 11 is 0. The number of ether oxygens (including phenoxy) is 2. The Kier molecular flexibility index (Phi) is 5.65. The highest BCUT2D eigenvalue weighted by Crippen LogP contribution is 2.33. The molecule has 0 fully saturated rings. The van der Waals surface area contributed by atoms with E-state index in [2.05, 4.69) is 36.4 Å². The Morgan fingerprint density at radius 1 is 0.935 bits per heavy atom. The van der Waals surface area contributed by atoms with Crippen molar-refractivity contribution in [2.75, 3.05) is 17.7 Å². The first-order chi connectivity index (χ1) is 15.1. The van der Waals surface area contributed by atoms with Gasteiger partial charge < -0.3 is 20.1 Å². The second-order valence-electron chi connectivity index (χ2n) is 6.36. The van der Waals surface area contributed by atoms with Crippen LogP contribution in [0.25, 0.3) is 5.69 Å². The summed E-state index contributed by atoms with van der Waals surface area (Å²) in [6, 6.07) is 15.2. The molecule has 156 valence electrons. The Labute approximate surface area is 177 Å². The number of nitrogens with one attached hydrogen (secondary N) is 2. The molecule has 2 aromatic heterocycles. The summed E-state index contributed by atoms with van der Waals surface area (Å²) in [4.78, 5) is 12.4. The van der Waals surface area contributed by atoms with Gasteiger partial charge in [0.15, 0.2) is 11.5 Å². The van der Waals surface area contributed by atoms with E-state index in [4.69, 9.17) is 9.47 Å². The monoisotopic (exact) mass is 418 g/mol. The van der Waals surface area contributed by atoms with Gasteiger partial charge in [-0.15, -0.1) is 10.2 Å². The summed E-state index contributed by atoms with van der Waals surface area (Å²) in [6.45, 7) is 1.83. The standard InChI is InChI=1S/C20H18N8O3/c1-13-3-10-19(25-24-13)31-18-11-15(6-9-17(18)30-2)23-20(29)22-14-4-7-16(8-5-14)28-12-21-26-27-28/h3-12H,1-2H3,(H2,22,23,29). The molecule has 4 rings (SSSR count). The molecule has 2 aromatic carbocycles. The number of aromatic nitrogens is 6. The number of rotatable bonds is 6. The molecule has 4 aromatic rings. The van der Waals surface area contributed by atoms with Crippen molar-refractivity contribution in [1.82, 2.24) is 30.4 Å². The molecule has 11 heteroatoms. The number of methoxy groups -OCH3 is 1. The number of aryl methyl sites for hydroxylation is 1. The molecule has 0 bridgehead atoms. The van der Waals surface area contributed by atoms with Crippen molar-refractivity contribution in [3.8, 4) is 23.1 Å². The predicted molar refractivity (Wildman–Crippen MR) is 112 cm³/mol. The maximum absolute atomic E-state index is 12.4. The first kappa shape index (κ1) is 19.8. The molecule has 0 atom stereocenters. The minimum absolute atomic E-state index is 0.313. The number of hydrogen-bond acceptors (Lipinski definition) is 8. The Hall–Kier alpha value is -4.54. The van der Waals surface area contributed by atoms with Gasteiger partial charge in [0.25, 0.3) is 0 Å². The number of carbonyl (C=O) groups is 1. The van der Waals surface area contributed by atoms with Crippen LogP contribution in [0.15, 0.2) is 60.9 Å². The van der Waals surface area contributed by atoms with Crippen LogP contribution in [0.5, 0.6) is 17.4 Å². The van der Waals surface area contributed by atoms with Crippen molar-refractivity contribution in [2.45, 2.75) is 6.92 Å². The van der Waals surface area contributed by atoms with Gasteiger partial charge in [0, 0.05) is 23.5 Å². The molecule has 31 heavy (non-hydrogen) atoms. The van der Waals surface area contributed by atoms with E-state index in [1.807, 2.05) is 6.92 Å². The molecular weight excluding hydrogens is 400 g/mol. The number of tetrazole rings is 1. The fraction of sp³-hybridized carbons (Fsp3) is 0.100. The van der Waals surface area contributed by atoms with Gasteiger partial charge in [0.05, 0.1) is 18.5 Å². The maximum atomic E-state index is 12.4. The van der Waals surface area contributed by atoms with Crippen molar-refractivity contribution in [2.24, 2.45) is 0 Å². The number of nitrogens with zero attached hydrogens (tertiary/aromatic N) is 6. The van der Waals surface area contributed by atoms with Crippen LogP contribution < -0.4 is 20.1 Å². The highest BCUT2D eigenvalue weighted by molar-refractivity contribution is 6.00. The third kappa shape index (κ3) is 4.90. The number of urea groups is 1. The lowest BCUT2D eigenvalue weighted by molar-refractivity contribution is 0.262. The summed E-state index contributed by atoms with van der Waals surface area (Å²) in [5, 5.41) is 24.5. The van der Waals surface area contributed by atoms with Gasteiger partial charge in [-0.1, -0.05) is 0 Å². The van der Waals surface area contributed by atoms with Crippen LogP contribution in [0.1, 0.15) is 5.69 Å². The molecule has 0 spiro atoms. The van der Waals surface area contributed by atoms with E-state index in [9.17, 15) is 4.79 Å². The minimum atomic E-state index is -0.415. The zero-order valence-corrected chi connectivity index (χ0v) is 16.7. The topological polar surface area (TPSA) is 129 Å². The van der Waals surface area contributed by atoms with Gasteiger partial charge in [-0.3, -0.25) is 0 Å². The molecule has 0 radical (unpaired) electrons. The molecule has 0 aliphatic rings. The molecular formula is C20H18N8O3. The normalized spacial score (nSPS) is 10.4. The summed E-state index contributed by atoms with van der Waals surface area (Å²) in [7, 11) is 1.53. The number of carbonyl (C=O) groups excluding carboxylic acids is 1. The van der Waals surface area contributed by atoms with Crippen LogP contribution >= 0.6 is 0 Å². The second-order valence-corrected chi connectivity index (χ2v) is 6.36. The smallest absolute Gasteiger partial charge is 0.323 e. The summed E-state index contributed by atoms with van der Waals surface area (Å²) in [5.74, 6) is 1.20. The van der Waals surface area contributed by atoms with Gasteiger partial charge in [-0.2, -0.15) is 5.10 Å². The number of benzene rings is 2. The molecule has 2 amide bonds. The minimum Gasteiger partial charge on any atom is -0.493 e. The first-order valence-corrected chi connectivity index (χ1v) is 9.18. The average molecular weight is 418 g/mol. The van der Waals surface area contributed by atoms with Crippen LogP contribution in [-0.4, -0.2) is 43.5 Å². The molecule has 0 aliphatic heterocycles. The van der Waals surface area contributed by atoms with E-state index in [1.165, 1.54) is 18.1 Å². The van der Waals surface area contributed by atoms with E-state index < -0.39 is 6.03 Å². The third-order valence-electron chi connectivity index (χ3n) is 4.15. The zero-order valence-electron chi connectivity index (χ0n) is 16.7. The van der Waals surface area contributed by atoms with Crippen molar-refractivity contribution in [3.63, 3.8) is 0 Å². The van der Waals surface area contributed by atoms with Crippen molar-refractivity contribution in [3.05, 3.63) is 66.6 Å². The third-order valence-corrected chi connectivity index (χ3v) is 4.15. The van der Waals surface area contributed by atoms with Crippen LogP contribution in [0.2, 0.25) is 0 Å². The lowest BCUT2D eigenvalue weighted by atomic mass is 10.2. The fourth-order valence-electron chi connectivity index (χ4n) is 2.66. The van der Waals surface area contributed by atoms with Crippen molar-refractivity contribution < 1.29 is 14.3 Å². The molecule has 11 nitrogen and oxygen atoms in total. The molecule has 2 N–H and O–H groups in total. The SMILES string of the molecule is COc1ccc(NC(=O)Nc2ccc(-n3cnnn3)cc2)cc1Oc1ccc(C)nn1. The second kappa shape index (κ2) is 8.86. The Morgan fingerprint density at radius 2 is 1.71 bits per heavy atom. The predicted octanol–water partition coefficient (Wildman–Crippen LogP) is 3.21. The summed E-state index contributed by atoms with van der Waals surface area (Å²) in [6.07, 6.45) is 1.49. The van der Waals surface area contributed by atoms with E-state index in [-0.39, 0.29) is 0 Å². The van der Waals surface area contributed by atoms with Gasteiger partial charge in [0.2, 0.25) is 5.88 Å². The Bertz CT molecular complexity index is 1160. The fourth-order valence-corrected chi connectivity index (χ4v) is 2.66. The lowest BCUT2D eigenvalue weighted by Gasteiger charge is -2.12. The van der Waals surface area contributed by atoms with Crippen LogP contribution in [0, 0.1) is 6.92 Å². The van der Waals surface area contributed by atoms with Crippen LogP contribution in [-0.2, 0) is 0 Å². The lowest BCUT2D eigenvalue weighted by Crippen LogP contribution is -2.19. The number of anilines is 2. The van der Waals surface area contributed by atoms with Gasteiger partial charge >= 0.3 is 6.03 Å². The largest absolute Gasteiger partial charge is 0.493 e. The highest BCUT2D eigenvalue weighted by atomic mass is 16.5. The van der Waals surface area contributed by atoms with Crippen LogP contribution in [0.3, 0.4) is 0 Å². The number of amides is 2. The molecule has 0 saturated heterocycles. The highest BCUT2D eigenvalue weighted by Gasteiger charge is 2.11. The molecule has 0 aliphatic carbocycles. The molecule has 2 heterocycles. The van der Waals surface area contributed by atoms with Gasteiger partial charge in [0.1, 0.15) is 6.33 Å². The first-order valence-electron chi connectivity index (χ1n) is 9.18. The average Bonchev–Trinajstić information content (AvgIpc) is 3.31. The van der Waals surface area contributed by atoms with E-state index in [0.717, 1.165) is 11.4 Å². The zero-order chi connectivity index (χ0) is 21.6. The van der Waals surface area contributed by atoms with Gasteiger partial charge in [-0.05, 0) is 59.8 Å². The molecule has 0 saturated carbocycles. The van der Waals surface area contributed by atoms with E-state index in [1.54, 1.807) is 54.6 Å².